The lowest BCUT2D eigenvalue weighted by Crippen LogP contribution is -2.33. The standard InChI is InChI=1S/C14H8F3N3O2/c15-14(16,17)8-3-4-11-10(6-8)12(21)20(13(22)19-11)9-2-1-5-18-7-9/h1-7H,(H,19,22). The molecule has 0 bridgehead atoms. The van der Waals surface area contributed by atoms with Crippen molar-refractivity contribution in [3.05, 3.63) is 69.1 Å². The van der Waals surface area contributed by atoms with Crippen LogP contribution in [0, 0.1) is 0 Å². The lowest BCUT2D eigenvalue weighted by molar-refractivity contribution is -0.137. The molecule has 0 saturated heterocycles. The van der Waals surface area contributed by atoms with E-state index in [0.29, 0.717) is 0 Å². The van der Waals surface area contributed by atoms with Gasteiger partial charge < -0.3 is 4.98 Å². The van der Waals surface area contributed by atoms with Gasteiger partial charge in [-0.1, -0.05) is 0 Å². The highest BCUT2D eigenvalue weighted by Crippen LogP contribution is 2.30. The fourth-order valence-corrected chi connectivity index (χ4v) is 2.11. The third-order valence-corrected chi connectivity index (χ3v) is 3.13. The largest absolute Gasteiger partial charge is 0.416 e. The normalized spacial score (nSPS) is 11.8. The van der Waals surface area contributed by atoms with E-state index in [-0.39, 0.29) is 16.6 Å². The average molecular weight is 307 g/mol. The van der Waals surface area contributed by atoms with Crippen molar-refractivity contribution in [2.24, 2.45) is 0 Å². The maximum Gasteiger partial charge on any atom is 0.416 e. The number of aromatic amines is 1. The number of fused-ring (bicyclic) bond motifs is 1. The Kier molecular flexibility index (Phi) is 3.09. The zero-order valence-electron chi connectivity index (χ0n) is 10.9. The summed E-state index contributed by atoms with van der Waals surface area (Å²) in [6.45, 7) is 0. The Morgan fingerprint density at radius 1 is 1.14 bits per heavy atom. The number of hydrogen-bond donors (Lipinski definition) is 1. The predicted molar refractivity (Wildman–Crippen MR) is 73.0 cm³/mol. The molecule has 8 heteroatoms. The van der Waals surface area contributed by atoms with Crippen LogP contribution in [0.5, 0.6) is 0 Å². The van der Waals surface area contributed by atoms with Gasteiger partial charge in [0.1, 0.15) is 0 Å². The van der Waals surface area contributed by atoms with Gasteiger partial charge in [-0.2, -0.15) is 13.2 Å². The smallest absolute Gasteiger partial charge is 0.306 e. The SMILES string of the molecule is O=c1[nH]c2ccc(C(F)(F)F)cc2c(=O)n1-c1cccnc1. The van der Waals surface area contributed by atoms with E-state index in [1.807, 2.05) is 0 Å². The summed E-state index contributed by atoms with van der Waals surface area (Å²) >= 11 is 0. The molecule has 5 nitrogen and oxygen atoms in total. The van der Waals surface area contributed by atoms with Crippen LogP contribution < -0.4 is 11.2 Å². The summed E-state index contributed by atoms with van der Waals surface area (Å²) in [5, 5.41) is -0.224. The number of nitrogens with one attached hydrogen (secondary N) is 1. The lowest BCUT2D eigenvalue weighted by Gasteiger charge is -2.09. The van der Waals surface area contributed by atoms with Gasteiger partial charge >= 0.3 is 11.9 Å². The van der Waals surface area contributed by atoms with Crippen LogP contribution in [0.15, 0.2) is 52.3 Å². The van der Waals surface area contributed by atoms with E-state index < -0.39 is 23.0 Å². The zero-order valence-corrected chi connectivity index (χ0v) is 10.9. The molecule has 0 aliphatic carbocycles. The average Bonchev–Trinajstić information content (AvgIpc) is 2.47. The number of nitrogens with zero attached hydrogens (tertiary/aromatic N) is 2. The van der Waals surface area contributed by atoms with Gasteiger partial charge in [-0.3, -0.25) is 9.78 Å². The minimum absolute atomic E-state index is 0.0446. The van der Waals surface area contributed by atoms with E-state index >= 15 is 0 Å². The van der Waals surface area contributed by atoms with E-state index in [1.165, 1.54) is 24.5 Å². The van der Waals surface area contributed by atoms with Gasteiger partial charge in [-0.05, 0) is 30.3 Å². The third-order valence-electron chi connectivity index (χ3n) is 3.13. The Morgan fingerprint density at radius 2 is 1.91 bits per heavy atom. The second kappa shape index (κ2) is 4.83. The van der Waals surface area contributed by atoms with Gasteiger partial charge in [-0.15, -0.1) is 0 Å². The first-order valence-corrected chi connectivity index (χ1v) is 6.14. The van der Waals surface area contributed by atoms with Crippen LogP contribution in [0.4, 0.5) is 13.2 Å². The number of rotatable bonds is 1. The van der Waals surface area contributed by atoms with Gasteiger partial charge in [0.25, 0.3) is 5.56 Å². The van der Waals surface area contributed by atoms with Crippen LogP contribution in [0.1, 0.15) is 5.56 Å². The Labute approximate surface area is 120 Å². The molecule has 3 aromatic rings. The van der Waals surface area contributed by atoms with Crippen LogP contribution >= 0.6 is 0 Å². The van der Waals surface area contributed by atoms with Crippen molar-refractivity contribution in [2.75, 3.05) is 0 Å². The molecule has 1 aromatic carbocycles. The highest BCUT2D eigenvalue weighted by molar-refractivity contribution is 5.78. The molecule has 2 heterocycles. The van der Waals surface area contributed by atoms with Crippen molar-refractivity contribution < 1.29 is 13.2 Å². The van der Waals surface area contributed by atoms with E-state index in [9.17, 15) is 22.8 Å². The minimum atomic E-state index is -4.57. The molecule has 0 atom stereocenters. The van der Waals surface area contributed by atoms with Gasteiger partial charge in [0.15, 0.2) is 0 Å². The molecule has 3 rings (SSSR count). The molecule has 0 aliphatic heterocycles. The topological polar surface area (TPSA) is 67.8 Å². The summed E-state index contributed by atoms with van der Waals surface area (Å²) in [5.41, 5.74) is -2.32. The number of hydrogen-bond acceptors (Lipinski definition) is 3. The summed E-state index contributed by atoms with van der Waals surface area (Å²) in [6.07, 6.45) is -1.85. The minimum Gasteiger partial charge on any atom is -0.306 e. The van der Waals surface area contributed by atoms with E-state index in [1.54, 1.807) is 0 Å². The van der Waals surface area contributed by atoms with Crippen molar-refractivity contribution in [3.8, 4) is 5.69 Å². The summed E-state index contributed by atoms with van der Waals surface area (Å²) in [6, 6.07) is 5.57. The highest BCUT2D eigenvalue weighted by Gasteiger charge is 2.30. The number of H-pyrrole nitrogens is 1. The Bertz CT molecular complexity index is 959. The number of aromatic nitrogens is 3. The fourth-order valence-electron chi connectivity index (χ4n) is 2.11. The van der Waals surface area contributed by atoms with E-state index in [4.69, 9.17) is 0 Å². The zero-order chi connectivity index (χ0) is 15.9. The molecule has 112 valence electrons. The summed E-state index contributed by atoms with van der Waals surface area (Å²) in [7, 11) is 0. The quantitative estimate of drug-likeness (QED) is 0.748. The van der Waals surface area contributed by atoms with Gasteiger partial charge in [0, 0.05) is 6.20 Å². The maximum atomic E-state index is 12.8. The maximum absolute atomic E-state index is 12.8. The molecule has 1 N–H and O–H groups in total. The fraction of sp³-hybridized carbons (Fsp3) is 0.0714. The first-order valence-electron chi connectivity index (χ1n) is 6.14. The van der Waals surface area contributed by atoms with E-state index in [2.05, 4.69) is 9.97 Å². The second-order valence-electron chi connectivity index (χ2n) is 4.54. The van der Waals surface area contributed by atoms with Crippen molar-refractivity contribution in [2.45, 2.75) is 6.18 Å². The lowest BCUT2D eigenvalue weighted by atomic mass is 10.1. The highest BCUT2D eigenvalue weighted by atomic mass is 19.4. The number of pyridine rings is 1. The predicted octanol–water partition coefficient (Wildman–Crippen LogP) is 2.09. The number of benzene rings is 1. The van der Waals surface area contributed by atoms with Crippen molar-refractivity contribution in [1.82, 2.24) is 14.5 Å². The van der Waals surface area contributed by atoms with Crippen molar-refractivity contribution in [1.29, 1.82) is 0 Å². The summed E-state index contributed by atoms with van der Waals surface area (Å²) in [4.78, 5) is 30.5. The third kappa shape index (κ3) is 2.28. The van der Waals surface area contributed by atoms with Crippen molar-refractivity contribution >= 4 is 10.9 Å². The van der Waals surface area contributed by atoms with Gasteiger partial charge in [-0.25, -0.2) is 9.36 Å². The molecule has 0 saturated carbocycles. The van der Waals surface area contributed by atoms with Crippen LogP contribution in [0.25, 0.3) is 16.6 Å². The first kappa shape index (κ1) is 14.1. The Hall–Kier alpha value is -2.90. The second-order valence-corrected chi connectivity index (χ2v) is 4.54. The van der Waals surface area contributed by atoms with E-state index in [0.717, 1.165) is 22.8 Å². The number of alkyl halides is 3. The molecule has 0 unspecified atom stereocenters. The first-order chi connectivity index (χ1) is 10.4. The summed E-state index contributed by atoms with van der Waals surface area (Å²) in [5.74, 6) is 0. The van der Waals surface area contributed by atoms with Crippen LogP contribution in [-0.4, -0.2) is 14.5 Å². The van der Waals surface area contributed by atoms with Gasteiger partial charge in [0.2, 0.25) is 0 Å². The molecular formula is C14H8F3N3O2. The molecule has 0 amide bonds. The Balaban J connectivity index is 2.37. The van der Waals surface area contributed by atoms with Gasteiger partial charge in [0.05, 0.1) is 28.4 Å². The molecule has 0 radical (unpaired) electrons. The summed E-state index contributed by atoms with van der Waals surface area (Å²) < 4.78 is 39.0. The van der Waals surface area contributed by atoms with Crippen LogP contribution in [-0.2, 0) is 6.18 Å². The molecule has 0 fully saturated rings. The molecular weight excluding hydrogens is 299 g/mol. The number of halogens is 3. The molecule has 2 aromatic heterocycles. The van der Waals surface area contributed by atoms with Crippen LogP contribution in [0.2, 0.25) is 0 Å². The Morgan fingerprint density at radius 3 is 2.55 bits per heavy atom. The monoisotopic (exact) mass is 307 g/mol. The van der Waals surface area contributed by atoms with Crippen molar-refractivity contribution in [3.63, 3.8) is 0 Å². The molecule has 0 aliphatic rings. The van der Waals surface area contributed by atoms with Crippen LogP contribution in [0.3, 0.4) is 0 Å². The molecule has 0 spiro atoms. The molecule has 22 heavy (non-hydrogen) atoms.